The van der Waals surface area contributed by atoms with Crippen molar-refractivity contribution in [2.24, 2.45) is 0 Å². The lowest BCUT2D eigenvalue weighted by Gasteiger charge is -2.08. The Morgan fingerprint density at radius 3 is 0.934 bits per heavy atom. The zero-order valence-electron chi connectivity index (χ0n) is 68.1. The molecule has 27 heteroatoms. The lowest BCUT2D eigenvalue weighted by molar-refractivity contribution is 0.0978. The summed E-state index contributed by atoms with van der Waals surface area (Å²) in [5.41, 5.74) is 12.6. The molecule has 0 spiro atoms. The molecule has 608 valence electrons. The second-order valence-corrected chi connectivity index (χ2v) is 27.6. The molecule has 0 aliphatic rings. The van der Waals surface area contributed by atoms with Crippen molar-refractivity contribution in [1.29, 1.82) is 5.26 Å². The third kappa shape index (κ3) is 28.2. The summed E-state index contributed by atoms with van der Waals surface area (Å²) in [4.78, 5) is 125. The van der Waals surface area contributed by atoms with Crippen molar-refractivity contribution in [3.63, 3.8) is 0 Å². The van der Waals surface area contributed by atoms with E-state index in [1.54, 1.807) is 203 Å². The fourth-order valence-corrected chi connectivity index (χ4v) is 11.4. The van der Waals surface area contributed by atoms with Crippen LogP contribution in [0.25, 0.3) is 0 Å². The Morgan fingerprint density at radius 2 is 0.623 bits per heavy atom. The highest BCUT2D eigenvalue weighted by atomic mass is 19.1. The van der Waals surface area contributed by atoms with E-state index in [-0.39, 0.29) is 66.7 Å². The van der Waals surface area contributed by atoms with Crippen molar-refractivity contribution in [2.75, 3.05) is 0 Å². The third-order valence-electron chi connectivity index (χ3n) is 17.0. The van der Waals surface area contributed by atoms with Crippen LogP contribution in [-0.2, 0) is 32.1 Å². The molecule has 15 aromatic heterocycles. The van der Waals surface area contributed by atoms with Crippen LogP contribution in [0.15, 0.2) is 269 Å². The molecule has 0 radical (unpaired) electrons. The summed E-state index contributed by atoms with van der Waals surface area (Å²) in [6, 6.07) is 55.9. The monoisotopic (exact) mass is 1620 g/mol. The number of nitrogens with zero attached hydrogens (tertiary/aromatic N) is 16. The summed E-state index contributed by atoms with van der Waals surface area (Å²) < 4.78 is 41.9. The first kappa shape index (κ1) is 86.9. The first-order valence-corrected chi connectivity index (χ1v) is 38.2. The van der Waals surface area contributed by atoms with Crippen molar-refractivity contribution in [3.8, 4) is 63.6 Å². The number of hydrogen-bond donors (Lipinski definition) is 0. The zero-order chi connectivity index (χ0) is 86.3. The first-order valence-electron chi connectivity index (χ1n) is 38.2. The molecular weight excluding hydrogens is 1540 g/mol. The normalized spacial score (nSPS) is 10.4. The topological polar surface area (TPSA) is 349 Å². The molecule has 0 amide bonds. The summed E-state index contributed by atoms with van der Waals surface area (Å²) in [7, 11) is 0. The molecule has 0 aromatic carbocycles. The lowest BCUT2D eigenvalue weighted by Crippen LogP contribution is -2.08. The van der Waals surface area contributed by atoms with Gasteiger partial charge in [-0.2, -0.15) is 5.26 Å². The Balaban J connectivity index is 0.000000149. The molecule has 0 N–H and O–H groups in total. The number of aryl methyl sites for hydroxylation is 9. The molecule has 15 heterocycles. The van der Waals surface area contributed by atoms with Crippen LogP contribution in [0.5, 0.6) is 57.5 Å². The minimum atomic E-state index is -0.425. The average molecular weight is 1630 g/mol. The van der Waals surface area contributed by atoms with Crippen molar-refractivity contribution in [3.05, 3.63) is 388 Å². The minimum absolute atomic E-state index is 0.0272. The van der Waals surface area contributed by atoms with E-state index < -0.39 is 5.82 Å². The van der Waals surface area contributed by atoms with Crippen LogP contribution in [0.4, 0.5) is 4.39 Å². The van der Waals surface area contributed by atoms with Crippen LogP contribution in [0.3, 0.4) is 0 Å². The summed E-state index contributed by atoms with van der Waals surface area (Å²) >= 11 is 0. The molecule has 15 aromatic rings. The Labute approximate surface area is 703 Å². The fraction of sp³-hybridized carbons (Fsp3) is 0.147. The van der Waals surface area contributed by atoms with E-state index >= 15 is 0 Å². The van der Waals surface area contributed by atoms with Gasteiger partial charge in [-0.15, -0.1) is 0 Å². The largest absolute Gasteiger partial charge is 0.456 e. The third-order valence-corrected chi connectivity index (χ3v) is 17.0. The Kier molecular flexibility index (Phi) is 30.8. The summed E-state index contributed by atoms with van der Waals surface area (Å²) in [6.07, 6.45) is 21.7. The zero-order valence-corrected chi connectivity index (χ0v) is 68.1. The van der Waals surface area contributed by atoms with Crippen molar-refractivity contribution in [2.45, 2.75) is 94.4 Å². The molecule has 26 nitrogen and oxygen atoms in total. The maximum Gasteiger partial charge on any atom is 0.187 e. The minimum Gasteiger partial charge on any atom is -0.456 e. The van der Waals surface area contributed by atoms with E-state index in [0.29, 0.717) is 109 Å². The van der Waals surface area contributed by atoms with Gasteiger partial charge in [0.1, 0.15) is 91.8 Å². The maximum absolute atomic E-state index is 13.2. The van der Waals surface area contributed by atoms with Gasteiger partial charge in [0.25, 0.3) is 0 Å². The van der Waals surface area contributed by atoms with E-state index in [9.17, 15) is 28.4 Å². The van der Waals surface area contributed by atoms with Crippen LogP contribution < -0.4 is 23.7 Å². The number of halogens is 1. The highest BCUT2D eigenvalue weighted by Crippen LogP contribution is 2.29. The summed E-state index contributed by atoms with van der Waals surface area (Å²) in [6.45, 7) is 16.8. The highest BCUT2D eigenvalue weighted by Gasteiger charge is 2.19. The highest BCUT2D eigenvalue weighted by molar-refractivity contribution is 5.98. The molecule has 0 bridgehead atoms. The Hall–Kier alpha value is -16.0. The molecule has 0 saturated carbocycles. The standard InChI is InChI=1S/C20H19N3O2.C19H14N4O2.2C19H17N3O2.C18H14FN3O2/c1-13-4-6-16(22-11-13)9-20(24)19-10-18(8-15(3)23-19)25-17-7-5-14(2)21-12-17;1-13-7-17(25-16-3-2-5-21-12-16)10-18(23-13)19(24)9-15-8-14(11-20)4-6-22-15;1-13-5-3-6-15(21-13)10-19(23)18-11-17(9-14(2)22-18)24-16-7-4-8-20-12-16;1-13-5-6-15(21-11-13)9-19(23)18-10-17(8-14(2)22-18)24-16-4-3-7-20-12-16;1-12-7-16(24-15-3-2-5-20-11-15)10-17(22-12)18(23)9-14-8-13(19)4-6-21-14/h4-8,10-12H,9H2,1-3H3;2-8,10,12H,9H2,1H3;3-9,11-12H,10H2,1-2H3;3-8,10-12H,9H2,1-2H3;2-8,10-11H,9H2,1H3. The molecule has 0 saturated heterocycles. The van der Waals surface area contributed by atoms with E-state index in [2.05, 4.69) is 74.8 Å². The van der Waals surface area contributed by atoms with Gasteiger partial charge in [-0.1, -0.05) is 18.2 Å². The fourth-order valence-electron chi connectivity index (χ4n) is 11.4. The van der Waals surface area contributed by atoms with Gasteiger partial charge in [-0.05, 0) is 183 Å². The van der Waals surface area contributed by atoms with Crippen LogP contribution >= 0.6 is 0 Å². The van der Waals surface area contributed by atoms with Gasteiger partial charge in [0, 0.05) is 173 Å². The van der Waals surface area contributed by atoms with Gasteiger partial charge < -0.3 is 23.7 Å². The van der Waals surface area contributed by atoms with Gasteiger partial charge in [0.05, 0.1) is 80.4 Å². The van der Waals surface area contributed by atoms with Crippen LogP contribution in [0, 0.1) is 79.5 Å². The number of carbonyl (C=O) groups is 5. The molecule has 15 rings (SSSR count). The second kappa shape index (κ2) is 43.3. The van der Waals surface area contributed by atoms with Gasteiger partial charge in [-0.3, -0.25) is 73.8 Å². The SMILES string of the molecule is Cc1cc(Oc2cccnc2)cc(C(=O)Cc2cc(C#N)ccn2)n1.Cc1cc(Oc2cccnc2)cc(C(=O)Cc2cc(F)ccn2)n1.Cc1ccc(CC(=O)c2cc(Oc3ccc(C)nc3)cc(C)n2)nc1.Cc1ccc(CC(=O)c2cc(Oc3cccnc3)cc(C)n2)nc1.Cc1cccc(CC(=O)c2cc(Oc3cccnc3)cc(C)n2)n1. The first-order chi connectivity index (χ1) is 58.9. The number of carbonyl (C=O) groups excluding carboxylic acids is 5. The predicted octanol–water partition coefficient (Wildman–Crippen LogP) is 18.2. The van der Waals surface area contributed by atoms with Crippen LogP contribution in [0.2, 0.25) is 0 Å². The van der Waals surface area contributed by atoms with Crippen LogP contribution in [-0.4, -0.2) is 104 Å². The molecular formula is C95H81FN16O10. The van der Waals surface area contributed by atoms with Gasteiger partial charge in [0.2, 0.25) is 0 Å². The van der Waals surface area contributed by atoms with Crippen LogP contribution in [0.1, 0.15) is 137 Å². The number of hydrogen-bond acceptors (Lipinski definition) is 26. The molecule has 0 unspecified atom stereocenters. The Morgan fingerprint density at radius 1 is 0.279 bits per heavy atom. The molecule has 122 heavy (non-hydrogen) atoms. The van der Waals surface area contributed by atoms with E-state index in [0.717, 1.165) is 56.7 Å². The molecule has 0 atom stereocenters. The number of Topliss-reactive ketones (excluding diaryl/α,β-unsaturated/α-hetero) is 5. The van der Waals surface area contributed by atoms with E-state index in [1.807, 2.05) is 109 Å². The van der Waals surface area contributed by atoms with Gasteiger partial charge in [0.15, 0.2) is 28.9 Å². The van der Waals surface area contributed by atoms with E-state index in [1.165, 1.54) is 24.5 Å². The number of ether oxygens (including phenoxy) is 5. The number of pyridine rings is 15. The van der Waals surface area contributed by atoms with Gasteiger partial charge >= 0.3 is 0 Å². The number of rotatable bonds is 25. The lowest BCUT2D eigenvalue weighted by atomic mass is 10.1. The number of ketones is 5. The number of aromatic nitrogens is 15. The van der Waals surface area contributed by atoms with Gasteiger partial charge in [-0.25, -0.2) is 29.3 Å². The summed E-state index contributed by atoms with van der Waals surface area (Å²) in [5.74, 6) is 4.55. The van der Waals surface area contributed by atoms with Crippen molar-refractivity contribution >= 4 is 28.9 Å². The number of nitriles is 1. The van der Waals surface area contributed by atoms with Crippen molar-refractivity contribution in [1.82, 2.24) is 74.8 Å². The summed E-state index contributed by atoms with van der Waals surface area (Å²) in [5, 5.41) is 8.93. The Bertz CT molecular complexity index is 6010. The predicted molar refractivity (Wildman–Crippen MR) is 451 cm³/mol. The van der Waals surface area contributed by atoms with Crippen molar-refractivity contribution < 1.29 is 52.0 Å². The second-order valence-electron chi connectivity index (χ2n) is 27.6. The quantitative estimate of drug-likeness (QED) is 0.0480. The molecule has 0 fully saturated rings. The molecule has 0 aliphatic heterocycles. The van der Waals surface area contributed by atoms with E-state index in [4.69, 9.17) is 28.9 Å². The molecule has 0 aliphatic carbocycles. The maximum atomic E-state index is 13.2. The smallest absolute Gasteiger partial charge is 0.187 e. The average Bonchev–Trinajstić information content (AvgIpc) is 0.856.